The fourth-order valence-electron chi connectivity index (χ4n) is 2.16. The topological polar surface area (TPSA) is 26.0 Å². The number of hydrogen-bond acceptors (Lipinski definition) is 1. The van der Waals surface area contributed by atoms with Crippen molar-refractivity contribution in [2.75, 3.05) is 6.54 Å². The lowest BCUT2D eigenvalue weighted by Gasteiger charge is -2.09. The van der Waals surface area contributed by atoms with E-state index in [-0.39, 0.29) is 0 Å². The van der Waals surface area contributed by atoms with Crippen LogP contribution in [0.15, 0.2) is 0 Å². The average Bonchev–Trinajstić information content (AvgIpc) is 2.22. The lowest BCUT2D eigenvalue weighted by molar-refractivity contribution is 0.451. The zero-order valence-electron chi connectivity index (χ0n) is 10.9. The number of rotatable bonds is 11. The highest BCUT2D eigenvalue weighted by Gasteiger charge is 1.99. The lowest BCUT2D eigenvalue weighted by Crippen LogP contribution is -1.97. The van der Waals surface area contributed by atoms with Gasteiger partial charge in [0.25, 0.3) is 0 Å². The van der Waals surface area contributed by atoms with Gasteiger partial charge in [-0.2, -0.15) is 0 Å². The Balaban J connectivity index is 2.98. The fraction of sp³-hybridized carbons (Fsp3) is 1.00. The third kappa shape index (κ3) is 11.9. The second-order valence-corrected chi connectivity index (χ2v) is 4.95. The van der Waals surface area contributed by atoms with Gasteiger partial charge in [-0.05, 0) is 18.9 Å². The maximum absolute atomic E-state index is 5.45. The van der Waals surface area contributed by atoms with Gasteiger partial charge >= 0.3 is 0 Å². The molecule has 1 nitrogen and oxygen atoms in total. The minimum atomic E-state index is 0.870. The highest BCUT2D eigenvalue weighted by atomic mass is 14.5. The van der Waals surface area contributed by atoms with E-state index in [1.807, 2.05) is 0 Å². The van der Waals surface area contributed by atoms with E-state index in [0.717, 1.165) is 12.5 Å². The summed E-state index contributed by atoms with van der Waals surface area (Å²) in [5, 5.41) is 0. The lowest BCUT2D eigenvalue weighted by atomic mass is 9.98. The summed E-state index contributed by atoms with van der Waals surface area (Å²) in [4.78, 5) is 0. The molecule has 2 N–H and O–H groups in total. The van der Waals surface area contributed by atoms with Gasteiger partial charge in [-0.1, -0.05) is 71.6 Å². The normalized spacial score (nSPS) is 13.0. The van der Waals surface area contributed by atoms with Crippen LogP contribution < -0.4 is 5.73 Å². The van der Waals surface area contributed by atoms with E-state index in [2.05, 4.69) is 13.8 Å². The first kappa shape index (κ1) is 15.0. The monoisotopic (exact) mass is 213 g/mol. The summed E-state index contributed by atoms with van der Waals surface area (Å²) >= 11 is 0. The molecule has 0 aliphatic rings. The van der Waals surface area contributed by atoms with Gasteiger partial charge < -0.3 is 5.73 Å². The van der Waals surface area contributed by atoms with Crippen molar-refractivity contribution < 1.29 is 0 Å². The standard InChI is InChI=1S/C14H31N/c1-3-11-14(2)12-9-7-5-4-6-8-10-13-15/h14H,3-13,15H2,1-2H3. The number of unbranched alkanes of at least 4 members (excludes halogenated alkanes) is 6. The highest BCUT2D eigenvalue weighted by Crippen LogP contribution is 2.15. The molecule has 1 heteroatoms. The van der Waals surface area contributed by atoms with E-state index in [1.54, 1.807) is 0 Å². The first-order valence-electron chi connectivity index (χ1n) is 7.01. The molecule has 0 rings (SSSR count). The zero-order chi connectivity index (χ0) is 11.4. The summed E-state index contributed by atoms with van der Waals surface area (Å²) in [5.74, 6) is 0.951. The Morgan fingerprint density at radius 2 is 1.33 bits per heavy atom. The van der Waals surface area contributed by atoms with Crippen molar-refractivity contribution in [2.24, 2.45) is 11.7 Å². The largest absolute Gasteiger partial charge is 0.330 e. The Labute approximate surface area is 96.8 Å². The molecule has 0 heterocycles. The van der Waals surface area contributed by atoms with Crippen molar-refractivity contribution in [2.45, 2.75) is 78.1 Å². The molecule has 0 aromatic carbocycles. The molecular weight excluding hydrogens is 182 g/mol. The van der Waals surface area contributed by atoms with E-state index in [0.29, 0.717) is 0 Å². The Morgan fingerprint density at radius 1 is 0.800 bits per heavy atom. The molecule has 0 aromatic heterocycles. The molecule has 0 amide bonds. The Bertz CT molecular complexity index is 112. The van der Waals surface area contributed by atoms with Crippen molar-refractivity contribution >= 4 is 0 Å². The summed E-state index contributed by atoms with van der Waals surface area (Å²) < 4.78 is 0. The molecule has 0 bridgehead atoms. The van der Waals surface area contributed by atoms with Gasteiger partial charge in [0.15, 0.2) is 0 Å². The van der Waals surface area contributed by atoms with E-state index in [1.165, 1.54) is 64.2 Å². The minimum Gasteiger partial charge on any atom is -0.330 e. The second-order valence-electron chi connectivity index (χ2n) is 4.95. The van der Waals surface area contributed by atoms with Gasteiger partial charge in [0, 0.05) is 0 Å². The van der Waals surface area contributed by atoms with Gasteiger partial charge in [0.1, 0.15) is 0 Å². The molecule has 1 atom stereocenters. The molecule has 0 radical (unpaired) electrons. The molecule has 0 aliphatic carbocycles. The SMILES string of the molecule is CCCC(C)CCCCCCCCCN. The third-order valence-corrected chi connectivity index (χ3v) is 3.18. The fourth-order valence-corrected chi connectivity index (χ4v) is 2.16. The Kier molecular flexibility index (Phi) is 12.0. The van der Waals surface area contributed by atoms with Crippen LogP contribution in [0, 0.1) is 5.92 Å². The van der Waals surface area contributed by atoms with Crippen LogP contribution in [0.4, 0.5) is 0 Å². The van der Waals surface area contributed by atoms with Crippen molar-refractivity contribution in [1.82, 2.24) is 0 Å². The summed E-state index contributed by atoms with van der Waals surface area (Å²) in [7, 11) is 0. The highest BCUT2D eigenvalue weighted by molar-refractivity contribution is 4.53. The predicted molar refractivity (Wildman–Crippen MR) is 70.1 cm³/mol. The predicted octanol–water partition coefficient (Wildman–Crippen LogP) is 4.50. The van der Waals surface area contributed by atoms with E-state index >= 15 is 0 Å². The molecule has 1 unspecified atom stereocenters. The number of hydrogen-bond donors (Lipinski definition) is 1. The molecule has 92 valence electrons. The Morgan fingerprint density at radius 3 is 1.87 bits per heavy atom. The van der Waals surface area contributed by atoms with Crippen molar-refractivity contribution in [3.05, 3.63) is 0 Å². The van der Waals surface area contributed by atoms with Crippen LogP contribution >= 0.6 is 0 Å². The van der Waals surface area contributed by atoms with Crippen molar-refractivity contribution in [3.8, 4) is 0 Å². The van der Waals surface area contributed by atoms with E-state index in [4.69, 9.17) is 5.73 Å². The smallest absolute Gasteiger partial charge is 0.00773 e. The Hall–Kier alpha value is -0.0400. The van der Waals surface area contributed by atoms with Gasteiger partial charge in [-0.25, -0.2) is 0 Å². The van der Waals surface area contributed by atoms with Gasteiger partial charge in [0.05, 0.1) is 0 Å². The first-order valence-corrected chi connectivity index (χ1v) is 7.01. The van der Waals surface area contributed by atoms with Crippen LogP contribution in [0.5, 0.6) is 0 Å². The molecule has 0 saturated heterocycles. The maximum atomic E-state index is 5.45. The molecule has 0 spiro atoms. The number of nitrogens with two attached hydrogens (primary N) is 1. The summed E-state index contributed by atoms with van der Waals surface area (Å²) in [5.41, 5.74) is 5.45. The first-order chi connectivity index (χ1) is 7.31. The van der Waals surface area contributed by atoms with Crippen LogP contribution in [0.2, 0.25) is 0 Å². The minimum absolute atomic E-state index is 0.870. The quantitative estimate of drug-likeness (QED) is 0.502. The molecular formula is C14H31N. The molecule has 0 aromatic rings. The van der Waals surface area contributed by atoms with Crippen molar-refractivity contribution in [1.29, 1.82) is 0 Å². The maximum Gasteiger partial charge on any atom is -0.00773 e. The third-order valence-electron chi connectivity index (χ3n) is 3.18. The molecule has 0 saturated carbocycles. The second kappa shape index (κ2) is 12.0. The van der Waals surface area contributed by atoms with Gasteiger partial charge in [0.2, 0.25) is 0 Å². The summed E-state index contributed by atoms with van der Waals surface area (Å²) in [6, 6.07) is 0. The van der Waals surface area contributed by atoms with Crippen molar-refractivity contribution in [3.63, 3.8) is 0 Å². The van der Waals surface area contributed by atoms with Crippen LogP contribution in [-0.2, 0) is 0 Å². The summed E-state index contributed by atoms with van der Waals surface area (Å²) in [6.07, 6.45) is 13.9. The van der Waals surface area contributed by atoms with E-state index < -0.39 is 0 Å². The van der Waals surface area contributed by atoms with Crippen LogP contribution in [0.1, 0.15) is 78.1 Å². The van der Waals surface area contributed by atoms with Crippen LogP contribution in [-0.4, -0.2) is 6.54 Å². The molecule has 0 aliphatic heterocycles. The van der Waals surface area contributed by atoms with Gasteiger partial charge in [-0.15, -0.1) is 0 Å². The van der Waals surface area contributed by atoms with Gasteiger partial charge in [-0.3, -0.25) is 0 Å². The van der Waals surface area contributed by atoms with Crippen LogP contribution in [0.3, 0.4) is 0 Å². The van der Waals surface area contributed by atoms with E-state index in [9.17, 15) is 0 Å². The molecule has 0 fully saturated rings. The van der Waals surface area contributed by atoms with Crippen LogP contribution in [0.25, 0.3) is 0 Å². The average molecular weight is 213 g/mol. The summed E-state index contributed by atoms with van der Waals surface area (Å²) in [6.45, 7) is 5.55. The molecule has 15 heavy (non-hydrogen) atoms. The zero-order valence-corrected chi connectivity index (χ0v) is 10.9.